The van der Waals surface area contributed by atoms with E-state index in [0.717, 1.165) is 5.75 Å². The van der Waals surface area contributed by atoms with Crippen LogP contribution in [0.15, 0.2) is 30.3 Å². The fourth-order valence-corrected chi connectivity index (χ4v) is 3.38. The maximum atomic E-state index is 12.5. The molecule has 178 valence electrons. The molecule has 4 amide bonds. The molecule has 0 heterocycles. The van der Waals surface area contributed by atoms with Crippen LogP contribution in [0.3, 0.4) is 0 Å². The molecule has 0 radical (unpaired) electrons. The van der Waals surface area contributed by atoms with Gasteiger partial charge in [-0.2, -0.15) is 23.5 Å². The quantitative estimate of drug-likeness (QED) is 0.185. The summed E-state index contributed by atoms with van der Waals surface area (Å²) < 4.78 is 0. The zero-order chi connectivity index (χ0) is 23.8. The van der Waals surface area contributed by atoms with Crippen molar-refractivity contribution in [2.45, 2.75) is 24.9 Å². The summed E-state index contributed by atoms with van der Waals surface area (Å²) in [5.41, 5.74) is 11.7. The maximum absolute atomic E-state index is 12.5. The van der Waals surface area contributed by atoms with E-state index in [-0.39, 0.29) is 13.1 Å². The number of hydrazine groups is 1. The first-order valence-electron chi connectivity index (χ1n) is 10.1. The summed E-state index contributed by atoms with van der Waals surface area (Å²) in [6, 6.07) is 7.52. The number of anilines is 1. The number of benzene rings is 1. The number of nitrogens with two attached hydrogens (primary N) is 1. The van der Waals surface area contributed by atoms with E-state index in [1.807, 2.05) is 30.7 Å². The Bertz CT molecular complexity index is 738. The Morgan fingerprint density at radius 2 is 1.47 bits per heavy atom. The SMILES string of the molecule is CSCC[C@H](NC(=O)CNC(=O)[C@@H](N)CCSC)C(=O)NCC(=O)NNc1ccccc1. The van der Waals surface area contributed by atoms with Crippen LogP contribution >= 0.6 is 23.5 Å². The van der Waals surface area contributed by atoms with Gasteiger partial charge in [-0.05, 0) is 49.0 Å². The lowest BCUT2D eigenvalue weighted by Crippen LogP contribution is -2.52. The Kier molecular flexibility index (Phi) is 14.0. The molecular formula is C20H32N6O4S2. The van der Waals surface area contributed by atoms with Gasteiger partial charge in [0, 0.05) is 0 Å². The molecule has 0 aromatic heterocycles. The lowest BCUT2D eigenvalue weighted by Gasteiger charge is -2.19. The first-order valence-corrected chi connectivity index (χ1v) is 12.8. The molecule has 10 nitrogen and oxygen atoms in total. The largest absolute Gasteiger partial charge is 0.346 e. The van der Waals surface area contributed by atoms with Crippen molar-refractivity contribution in [1.29, 1.82) is 0 Å². The van der Waals surface area contributed by atoms with Gasteiger partial charge in [0.1, 0.15) is 6.04 Å². The number of hydrogen-bond donors (Lipinski definition) is 6. The number of hydrogen-bond acceptors (Lipinski definition) is 8. The fraction of sp³-hybridized carbons (Fsp3) is 0.500. The van der Waals surface area contributed by atoms with Crippen LogP contribution in [0, 0.1) is 0 Å². The first-order chi connectivity index (χ1) is 15.4. The molecule has 0 unspecified atom stereocenters. The van der Waals surface area contributed by atoms with E-state index in [1.54, 1.807) is 23.9 Å². The second-order valence-electron chi connectivity index (χ2n) is 6.76. The van der Waals surface area contributed by atoms with E-state index in [2.05, 4.69) is 26.8 Å². The third kappa shape index (κ3) is 11.8. The van der Waals surface area contributed by atoms with Gasteiger partial charge < -0.3 is 21.7 Å². The molecule has 1 rings (SSSR count). The monoisotopic (exact) mass is 484 g/mol. The minimum Gasteiger partial charge on any atom is -0.346 e. The van der Waals surface area contributed by atoms with Crippen LogP contribution < -0.4 is 32.5 Å². The van der Waals surface area contributed by atoms with E-state index in [9.17, 15) is 19.2 Å². The zero-order valence-electron chi connectivity index (χ0n) is 18.3. The Hall–Kier alpha value is -2.44. The molecule has 0 aliphatic carbocycles. The normalized spacial score (nSPS) is 12.2. The van der Waals surface area contributed by atoms with Gasteiger partial charge in [-0.1, -0.05) is 18.2 Å². The standard InChI is InChI=1S/C20H32N6O4S2/c1-31-10-8-15(21)19(29)22-12-17(27)24-16(9-11-32-2)20(30)23-13-18(28)26-25-14-6-4-3-5-7-14/h3-7,15-16,25H,8-13,21H2,1-2H3,(H,22,29)(H,23,30)(H,24,27)(H,26,28)/t15-,16-/m0/s1. The zero-order valence-corrected chi connectivity index (χ0v) is 19.9. The molecule has 0 aliphatic heterocycles. The predicted molar refractivity (Wildman–Crippen MR) is 130 cm³/mol. The van der Waals surface area contributed by atoms with E-state index in [4.69, 9.17) is 5.73 Å². The molecule has 1 aromatic rings. The third-order valence-corrected chi connectivity index (χ3v) is 5.49. The molecule has 0 bridgehead atoms. The van der Waals surface area contributed by atoms with Gasteiger partial charge in [-0.25, -0.2) is 0 Å². The number of rotatable bonds is 15. The number of carbonyl (C=O) groups is 4. The predicted octanol–water partition coefficient (Wildman–Crippen LogP) is -0.320. The molecule has 32 heavy (non-hydrogen) atoms. The highest BCUT2D eigenvalue weighted by Crippen LogP contribution is 2.03. The van der Waals surface area contributed by atoms with Gasteiger partial charge in [0.15, 0.2) is 0 Å². The highest BCUT2D eigenvalue weighted by atomic mass is 32.2. The average Bonchev–Trinajstić information content (AvgIpc) is 2.81. The van der Waals surface area contributed by atoms with E-state index < -0.39 is 35.7 Å². The van der Waals surface area contributed by atoms with Crippen molar-refractivity contribution in [2.75, 3.05) is 42.5 Å². The number of carbonyl (C=O) groups excluding carboxylic acids is 4. The molecule has 7 N–H and O–H groups in total. The molecule has 0 aliphatic rings. The fourth-order valence-electron chi connectivity index (χ4n) is 2.42. The average molecular weight is 485 g/mol. The Morgan fingerprint density at radius 3 is 2.12 bits per heavy atom. The molecule has 0 spiro atoms. The van der Waals surface area contributed by atoms with Gasteiger partial charge in [0.25, 0.3) is 5.91 Å². The number of thioether (sulfide) groups is 2. The van der Waals surface area contributed by atoms with Crippen LogP contribution in [-0.4, -0.2) is 72.8 Å². The van der Waals surface area contributed by atoms with Crippen molar-refractivity contribution >= 4 is 52.8 Å². The smallest absolute Gasteiger partial charge is 0.257 e. The highest BCUT2D eigenvalue weighted by Gasteiger charge is 2.22. The van der Waals surface area contributed by atoms with Crippen LogP contribution in [0.25, 0.3) is 0 Å². The van der Waals surface area contributed by atoms with Gasteiger partial charge in [0.05, 0.1) is 24.8 Å². The summed E-state index contributed by atoms with van der Waals surface area (Å²) in [7, 11) is 0. The van der Waals surface area contributed by atoms with E-state index in [0.29, 0.717) is 24.3 Å². The van der Waals surface area contributed by atoms with Crippen molar-refractivity contribution in [2.24, 2.45) is 5.73 Å². The molecule has 12 heteroatoms. The molecular weight excluding hydrogens is 452 g/mol. The lowest BCUT2D eigenvalue weighted by molar-refractivity contribution is -0.131. The van der Waals surface area contributed by atoms with Crippen molar-refractivity contribution < 1.29 is 19.2 Å². The van der Waals surface area contributed by atoms with Gasteiger partial charge in [-0.3, -0.25) is 30.0 Å². The number of para-hydroxylation sites is 1. The van der Waals surface area contributed by atoms with Crippen LogP contribution in [0.1, 0.15) is 12.8 Å². The summed E-state index contributed by atoms with van der Waals surface area (Å²) in [4.78, 5) is 48.6. The minimum atomic E-state index is -0.827. The van der Waals surface area contributed by atoms with Gasteiger partial charge in [-0.15, -0.1) is 0 Å². The van der Waals surface area contributed by atoms with Crippen LogP contribution in [0.5, 0.6) is 0 Å². The summed E-state index contributed by atoms with van der Waals surface area (Å²) in [6.07, 6.45) is 4.69. The van der Waals surface area contributed by atoms with Crippen molar-refractivity contribution in [3.8, 4) is 0 Å². The van der Waals surface area contributed by atoms with Crippen LogP contribution in [-0.2, 0) is 19.2 Å². The second-order valence-corrected chi connectivity index (χ2v) is 8.74. The van der Waals surface area contributed by atoms with E-state index >= 15 is 0 Å². The molecule has 1 aromatic carbocycles. The summed E-state index contributed by atoms with van der Waals surface area (Å²) >= 11 is 3.11. The molecule has 0 fully saturated rings. The van der Waals surface area contributed by atoms with Crippen molar-refractivity contribution in [3.05, 3.63) is 30.3 Å². The maximum Gasteiger partial charge on any atom is 0.257 e. The van der Waals surface area contributed by atoms with Crippen molar-refractivity contribution in [1.82, 2.24) is 21.4 Å². The molecule has 0 saturated heterocycles. The van der Waals surface area contributed by atoms with Crippen LogP contribution in [0.4, 0.5) is 5.69 Å². The van der Waals surface area contributed by atoms with Crippen LogP contribution in [0.2, 0.25) is 0 Å². The molecule has 2 atom stereocenters. The summed E-state index contributed by atoms with van der Waals surface area (Å²) in [5.74, 6) is -0.472. The first kappa shape index (κ1) is 27.6. The summed E-state index contributed by atoms with van der Waals surface area (Å²) in [6.45, 7) is -0.540. The summed E-state index contributed by atoms with van der Waals surface area (Å²) in [5, 5.41) is 7.59. The topological polar surface area (TPSA) is 154 Å². The van der Waals surface area contributed by atoms with Gasteiger partial charge >= 0.3 is 0 Å². The van der Waals surface area contributed by atoms with E-state index in [1.165, 1.54) is 11.8 Å². The highest BCUT2D eigenvalue weighted by molar-refractivity contribution is 7.98. The number of nitrogens with one attached hydrogen (secondary N) is 5. The Labute approximate surface area is 196 Å². The second kappa shape index (κ2) is 16.2. The lowest BCUT2D eigenvalue weighted by atomic mass is 10.2. The minimum absolute atomic E-state index is 0.259. The van der Waals surface area contributed by atoms with Gasteiger partial charge in [0.2, 0.25) is 17.7 Å². The molecule has 0 saturated carbocycles. The Morgan fingerprint density at radius 1 is 0.875 bits per heavy atom. The Balaban J connectivity index is 2.44. The number of amides is 4. The third-order valence-electron chi connectivity index (χ3n) is 4.20. The van der Waals surface area contributed by atoms with Crippen molar-refractivity contribution in [3.63, 3.8) is 0 Å².